The molecule has 1 saturated heterocycles. The van der Waals surface area contributed by atoms with E-state index in [4.69, 9.17) is 9.72 Å². The van der Waals surface area contributed by atoms with E-state index in [1.807, 2.05) is 11.1 Å². The van der Waals surface area contributed by atoms with Gasteiger partial charge in [0.05, 0.1) is 0 Å². The molecule has 0 unspecified atom stereocenters. The Kier molecular flexibility index (Phi) is 5.76. The third kappa shape index (κ3) is 4.56. The number of likely N-dealkylation sites (N-methyl/N-ethyl adjacent to an activating group) is 1. The molecule has 0 saturated carbocycles. The number of ether oxygens (including phenoxy) is 1. The molecule has 4 rings (SSSR count). The molecule has 154 valence electrons. The molecular formula is C22H27FN4O2. The van der Waals surface area contributed by atoms with Crippen molar-refractivity contribution in [1.29, 1.82) is 0 Å². The Bertz CT molecular complexity index is 874. The summed E-state index contributed by atoms with van der Waals surface area (Å²) in [6.07, 6.45) is 4.17. The summed E-state index contributed by atoms with van der Waals surface area (Å²) < 4.78 is 18.8. The minimum Gasteiger partial charge on any atom is -0.481 e. The molecule has 3 heterocycles. The van der Waals surface area contributed by atoms with E-state index in [2.05, 4.69) is 16.9 Å². The summed E-state index contributed by atoms with van der Waals surface area (Å²) in [5, 5.41) is 0. The lowest BCUT2D eigenvalue weighted by Crippen LogP contribution is -2.45. The molecule has 2 aliphatic rings. The predicted molar refractivity (Wildman–Crippen MR) is 107 cm³/mol. The van der Waals surface area contributed by atoms with Crippen LogP contribution < -0.4 is 4.74 Å². The fourth-order valence-electron chi connectivity index (χ4n) is 4.08. The van der Waals surface area contributed by atoms with Crippen molar-refractivity contribution in [2.24, 2.45) is 0 Å². The van der Waals surface area contributed by atoms with Gasteiger partial charge in [0.25, 0.3) is 5.91 Å². The summed E-state index contributed by atoms with van der Waals surface area (Å²) in [5.74, 6) is 1.10. The smallest absolute Gasteiger partial charge is 0.263 e. The highest BCUT2D eigenvalue weighted by Crippen LogP contribution is 2.27. The zero-order chi connectivity index (χ0) is 20.4. The van der Waals surface area contributed by atoms with Crippen LogP contribution in [-0.2, 0) is 17.8 Å². The van der Waals surface area contributed by atoms with Crippen molar-refractivity contribution in [3.8, 4) is 5.75 Å². The summed E-state index contributed by atoms with van der Waals surface area (Å²) in [7, 11) is 2.11. The summed E-state index contributed by atoms with van der Waals surface area (Å²) in [6, 6.07) is 5.73. The van der Waals surface area contributed by atoms with Gasteiger partial charge in [-0.25, -0.2) is 14.4 Å². The molecule has 29 heavy (non-hydrogen) atoms. The number of hydrogen-bond donors (Lipinski definition) is 0. The summed E-state index contributed by atoms with van der Waals surface area (Å²) in [4.78, 5) is 26.5. The molecular weight excluding hydrogens is 371 g/mol. The molecule has 0 spiro atoms. The van der Waals surface area contributed by atoms with Gasteiger partial charge in [0.2, 0.25) is 0 Å². The van der Waals surface area contributed by atoms with E-state index in [1.165, 1.54) is 29.8 Å². The zero-order valence-corrected chi connectivity index (χ0v) is 17.0. The molecule has 0 bridgehead atoms. The first-order valence-corrected chi connectivity index (χ1v) is 10.2. The molecule has 2 aromatic rings. The normalized spacial score (nSPS) is 20.8. The van der Waals surface area contributed by atoms with Crippen molar-refractivity contribution in [1.82, 2.24) is 19.8 Å². The monoisotopic (exact) mass is 398 g/mol. The van der Waals surface area contributed by atoms with Crippen LogP contribution >= 0.6 is 0 Å². The molecule has 2 atom stereocenters. The van der Waals surface area contributed by atoms with Gasteiger partial charge in [-0.05, 0) is 51.1 Å². The number of carbonyl (C=O) groups is 1. The SMILES string of the molecule is C[C@H](Oc1ccc(F)cc1)C(=O)N1CCC[C@H](c2ncc3c(n2)CCN(C)C3)C1. The standard InChI is InChI=1S/C22H27FN4O2/c1-15(29-19-7-5-18(23)6-8-19)22(28)27-10-3-4-16(14-27)21-24-12-17-13-26(2)11-9-20(17)25-21/h5-8,12,15-16H,3-4,9-11,13-14H2,1-2H3/t15-,16-/m0/s1. The predicted octanol–water partition coefficient (Wildman–Crippen LogP) is 2.78. The van der Waals surface area contributed by atoms with E-state index in [1.54, 1.807) is 6.92 Å². The van der Waals surface area contributed by atoms with Gasteiger partial charge in [-0.3, -0.25) is 4.79 Å². The van der Waals surface area contributed by atoms with Crippen LogP contribution in [0.4, 0.5) is 4.39 Å². The largest absolute Gasteiger partial charge is 0.481 e. The van der Waals surface area contributed by atoms with Crippen molar-refractivity contribution < 1.29 is 13.9 Å². The number of likely N-dealkylation sites (tertiary alicyclic amines) is 1. The molecule has 0 aliphatic carbocycles. The Balaban J connectivity index is 1.41. The number of hydrogen-bond acceptors (Lipinski definition) is 5. The van der Waals surface area contributed by atoms with Crippen molar-refractivity contribution in [3.05, 3.63) is 53.4 Å². The van der Waals surface area contributed by atoms with Gasteiger partial charge in [-0.15, -0.1) is 0 Å². The maximum atomic E-state index is 13.1. The van der Waals surface area contributed by atoms with Crippen molar-refractivity contribution in [2.45, 2.75) is 44.8 Å². The van der Waals surface area contributed by atoms with Gasteiger partial charge in [-0.2, -0.15) is 0 Å². The topological polar surface area (TPSA) is 58.6 Å². The van der Waals surface area contributed by atoms with E-state index in [9.17, 15) is 9.18 Å². The molecule has 2 aliphatic heterocycles. The first-order valence-electron chi connectivity index (χ1n) is 10.2. The van der Waals surface area contributed by atoms with Crippen LogP contribution in [0.25, 0.3) is 0 Å². The number of aromatic nitrogens is 2. The lowest BCUT2D eigenvalue weighted by Gasteiger charge is -2.34. The lowest BCUT2D eigenvalue weighted by molar-refractivity contribution is -0.139. The average molecular weight is 398 g/mol. The second-order valence-corrected chi connectivity index (χ2v) is 8.03. The molecule has 6 nitrogen and oxygen atoms in total. The van der Waals surface area contributed by atoms with Crippen molar-refractivity contribution in [3.63, 3.8) is 0 Å². The first kappa shape index (κ1) is 19.8. The highest BCUT2D eigenvalue weighted by Gasteiger charge is 2.30. The summed E-state index contributed by atoms with van der Waals surface area (Å²) in [6.45, 7) is 4.96. The molecule has 1 aromatic heterocycles. The minimum absolute atomic E-state index is 0.0568. The van der Waals surface area contributed by atoms with Gasteiger partial charge in [0.1, 0.15) is 17.4 Å². The van der Waals surface area contributed by atoms with Crippen molar-refractivity contribution >= 4 is 5.91 Å². The Morgan fingerprint density at radius 3 is 2.86 bits per heavy atom. The Morgan fingerprint density at radius 2 is 2.07 bits per heavy atom. The Labute approximate surface area is 170 Å². The minimum atomic E-state index is -0.626. The maximum absolute atomic E-state index is 13.1. The van der Waals surface area contributed by atoms with E-state index in [-0.39, 0.29) is 17.6 Å². The second kappa shape index (κ2) is 8.45. The summed E-state index contributed by atoms with van der Waals surface area (Å²) in [5.41, 5.74) is 2.34. The van der Waals surface area contributed by atoms with Gasteiger partial charge in [0, 0.05) is 56.0 Å². The molecule has 7 heteroatoms. The number of benzene rings is 1. The van der Waals surface area contributed by atoms with Gasteiger partial charge < -0.3 is 14.5 Å². The van der Waals surface area contributed by atoms with Crippen LogP contribution in [-0.4, -0.2) is 58.5 Å². The van der Waals surface area contributed by atoms with Gasteiger partial charge >= 0.3 is 0 Å². The number of nitrogens with zero attached hydrogens (tertiary/aromatic N) is 4. The first-order chi connectivity index (χ1) is 14.0. The lowest BCUT2D eigenvalue weighted by atomic mass is 9.96. The third-order valence-corrected chi connectivity index (χ3v) is 5.72. The Morgan fingerprint density at radius 1 is 1.28 bits per heavy atom. The van der Waals surface area contributed by atoms with Crippen LogP contribution in [0.5, 0.6) is 5.75 Å². The van der Waals surface area contributed by atoms with Gasteiger partial charge in [-0.1, -0.05) is 0 Å². The average Bonchev–Trinajstić information content (AvgIpc) is 2.74. The van der Waals surface area contributed by atoms with E-state index in [0.717, 1.165) is 43.9 Å². The number of rotatable bonds is 4. The van der Waals surface area contributed by atoms with Crippen LogP contribution in [0.15, 0.2) is 30.5 Å². The molecule has 1 aromatic carbocycles. The third-order valence-electron chi connectivity index (χ3n) is 5.72. The highest BCUT2D eigenvalue weighted by atomic mass is 19.1. The molecule has 0 N–H and O–H groups in total. The molecule has 1 amide bonds. The zero-order valence-electron chi connectivity index (χ0n) is 17.0. The second-order valence-electron chi connectivity index (χ2n) is 8.03. The fourth-order valence-corrected chi connectivity index (χ4v) is 4.08. The Hall–Kier alpha value is -2.54. The highest BCUT2D eigenvalue weighted by molar-refractivity contribution is 5.81. The fraction of sp³-hybridized carbons (Fsp3) is 0.500. The van der Waals surface area contributed by atoms with Crippen LogP contribution in [0.1, 0.15) is 42.8 Å². The van der Waals surface area contributed by atoms with Crippen LogP contribution in [0.2, 0.25) is 0 Å². The number of piperidine rings is 1. The summed E-state index contributed by atoms with van der Waals surface area (Å²) >= 11 is 0. The van der Waals surface area contributed by atoms with E-state index >= 15 is 0 Å². The van der Waals surface area contributed by atoms with Gasteiger partial charge in [0.15, 0.2) is 6.10 Å². The number of carbonyl (C=O) groups excluding carboxylic acids is 1. The van der Waals surface area contributed by atoms with Crippen LogP contribution in [0, 0.1) is 5.82 Å². The quantitative estimate of drug-likeness (QED) is 0.793. The number of amides is 1. The van der Waals surface area contributed by atoms with E-state index in [0.29, 0.717) is 18.8 Å². The number of fused-ring (bicyclic) bond motifs is 1. The van der Waals surface area contributed by atoms with Crippen molar-refractivity contribution in [2.75, 3.05) is 26.7 Å². The maximum Gasteiger partial charge on any atom is 0.263 e. The van der Waals surface area contributed by atoms with E-state index < -0.39 is 6.10 Å². The number of halogens is 1. The van der Waals surface area contributed by atoms with Crippen LogP contribution in [0.3, 0.4) is 0 Å². The molecule has 1 fully saturated rings. The molecule has 0 radical (unpaired) electrons.